The van der Waals surface area contributed by atoms with Crippen LogP contribution in [0.15, 0.2) is 61.1 Å². The summed E-state index contributed by atoms with van der Waals surface area (Å²) in [6.07, 6.45) is 5.21. The molecule has 4 aromatic rings. The molecule has 1 aromatic carbocycles. The van der Waals surface area contributed by atoms with Gasteiger partial charge in [-0.25, -0.2) is 9.97 Å². The standard InChI is InChI=1S/C19H13N3O2S/c1-2-4-16-15(3-1)23-11-17(24-16)19-22-14-9-13(10-21-18(14)25-19)12-5-7-20-8-6-12/h1-10,17H,11H2/t17-/m0/s1. The summed E-state index contributed by atoms with van der Waals surface area (Å²) in [5.74, 6) is 1.53. The lowest BCUT2D eigenvalue weighted by atomic mass is 10.1. The van der Waals surface area contributed by atoms with E-state index in [1.165, 1.54) is 0 Å². The highest BCUT2D eigenvalue weighted by Crippen LogP contribution is 2.38. The Morgan fingerprint density at radius 2 is 1.84 bits per heavy atom. The van der Waals surface area contributed by atoms with E-state index in [-0.39, 0.29) is 6.10 Å². The van der Waals surface area contributed by atoms with Gasteiger partial charge in [-0.1, -0.05) is 23.5 Å². The summed E-state index contributed by atoms with van der Waals surface area (Å²) in [4.78, 5) is 14.2. The minimum Gasteiger partial charge on any atom is -0.485 e. The Bertz CT molecular complexity index is 1050. The van der Waals surface area contributed by atoms with Crippen LogP contribution < -0.4 is 9.47 Å². The SMILES string of the molecule is c1ccc2c(c1)OC[C@@H](c1nc3cc(-c4ccncc4)cnc3s1)O2. The Morgan fingerprint density at radius 1 is 1.00 bits per heavy atom. The molecule has 1 atom stereocenters. The number of rotatable bonds is 2. The van der Waals surface area contributed by atoms with E-state index in [9.17, 15) is 0 Å². The summed E-state index contributed by atoms with van der Waals surface area (Å²) in [5.41, 5.74) is 2.97. The van der Waals surface area contributed by atoms with Gasteiger partial charge >= 0.3 is 0 Å². The number of ether oxygens (including phenoxy) is 2. The molecule has 1 aliphatic heterocycles. The van der Waals surface area contributed by atoms with Crippen molar-refractivity contribution >= 4 is 21.7 Å². The number of nitrogens with zero attached hydrogens (tertiary/aromatic N) is 3. The number of hydrogen-bond acceptors (Lipinski definition) is 6. The third-order valence-corrected chi connectivity index (χ3v) is 5.13. The lowest BCUT2D eigenvalue weighted by molar-refractivity contribution is 0.0912. The molecule has 4 heterocycles. The molecular formula is C19H13N3O2S. The first-order valence-electron chi connectivity index (χ1n) is 7.92. The predicted octanol–water partition coefficient (Wildman–Crippen LogP) is 4.27. The highest BCUT2D eigenvalue weighted by atomic mass is 32.1. The van der Waals surface area contributed by atoms with Gasteiger partial charge in [-0.15, -0.1) is 0 Å². The molecule has 0 aliphatic carbocycles. The van der Waals surface area contributed by atoms with Crippen LogP contribution in [0.4, 0.5) is 0 Å². The summed E-state index contributed by atoms with van der Waals surface area (Å²) >= 11 is 1.54. The van der Waals surface area contributed by atoms with Gasteiger partial charge in [-0.3, -0.25) is 4.98 Å². The average Bonchev–Trinajstić information content (AvgIpc) is 3.11. The van der Waals surface area contributed by atoms with Gasteiger partial charge in [0.25, 0.3) is 0 Å². The first kappa shape index (κ1) is 14.4. The van der Waals surface area contributed by atoms with Crippen molar-refractivity contribution in [1.29, 1.82) is 0 Å². The van der Waals surface area contributed by atoms with Crippen LogP contribution in [0.1, 0.15) is 11.1 Å². The molecule has 25 heavy (non-hydrogen) atoms. The molecule has 5 nitrogen and oxygen atoms in total. The molecule has 0 saturated carbocycles. The molecule has 0 saturated heterocycles. The number of para-hydroxylation sites is 2. The first-order chi connectivity index (χ1) is 12.4. The maximum atomic E-state index is 6.05. The summed E-state index contributed by atoms with van der Waals surface area (Å²) in [5, 5.41) is 0.879. The van der Waals surface area contributed by atoms with E-state index in [2.05, 4.69) is 16.0 Å². The molecule has 0 amide bonds. The van der Waals surface area contributed by atoms with Crippen LogP contribution in [-0.4, -0.2) is 21.6 Å². The van der Waals surface area contributed by atoms with Gasteiger partial charge in [-0.2, -0.15) is 0 Å². The second-order valence-corrected chi connectivity index (χ2v) is 6.71. The van der Waals surface area contributed by atoms with Crippen molar-refractivity contribution < 1.29 is 9.47 Å². The predicted molar refractivity (Wildman–Crippen MR) is 96.0 cm³/mol. The second-order valence-electron chi connectivity index (χ2n) is 5.70. The molecule has 0 unspecified atom stereocenters. The second kappa shape index (κ2) is 5.82. The van der Waals surface area contributed by atoms with E-state index in [0.717, 1.165) is 38.0 Å². The fourth-order valence-electron chi connectivity index (χ4n) is 2.82. The summed E-state index contributed by atoms with van der Waals surface area (Å²) < 4.78 is 11.8. The van der Waals surface area contributed by atoms with Crippen molar-refractivity contribution in [3.05, 3.63) is 66.1 Å². The molecule has 0 spiro atoms. The van der Waals surface area contributed by atoms with Crippen molar-refractivity contribution in [2.24, 2.45) is 0 Å². The third-order valence-electron chi connectivity index (χ3n) is 4.06. The Kier molecular flexibility index (Phi) is 3.34. The first-order valence-corrected chi connectivity index (χ1v) is 8.74. The van der Waals surface area contributed by atoms with Crippen molar-refractivity contribution in [3.63, 3.8) is 0 Å². The van der Waals surface area contributed by atoms with Crippen LogP contribution in [0, 0.1) is 0 Å². The molecule has 3 aromatic heterocycles. The van der Waals surface area contributed by atoms with Crippen LogP contribution in [-0.2, 0) is 0 Å². The molecule has 6 heteroatoms. The van der Waals surface area contributed by atoms with Crippen molar-refractivity contribution in [3.8, 4) is 22.6 Å². The fraction of sp³-hybridized carbons (Fsp3) is 0.105. The lowest BCUT2D eigenvalue weighted by Gasteiger charge is -2.24. The van der Waals surface area contributed by atoms with Gasteiger partial charge < -0.3 is 9.47 Å². The molecule has 0 bridgehead atoms. The van der Waals surface area contributed by atoms with Crippen LogP contribution in [0.2, 0.25) is 0 Å². The number of pyridine rings is 2. The topological polar surface area (TPSA) is 57.1 Å². The van der Waals surface area contributed by atoms with Crippen molar-refractivity contribution in [2.75, 3.05) is 6.61 Å². The number of hydrogen-bond donors (Lipinski definition) is 0. The molecular weight excluding hydrogens is 334 g/mol. The van der Waals surface area contributed by atoms with E-state index in [1.54, 1.807) is 23.7 Å². The quantitative estimate of drug-likeness (QED) is 0.542. The van der Waals surface area contributed by atoms with Gasteiger partial charge in [0.05, 0.1) is 0 Å². The van der Waals surface area contributed by atoms with Gasteiger partial charge in [0.1, 0.15) is 22.0 Å². The highest BCUT2D eigenvalue weighted by Gasteiger charge is 2.25. The van der Waals surface area contributed by atoms with Crippen LogP contribution >= 0.6 is 11.3 Å². The zero-order chi connectivity index (χ0) is 16.6. The fourth-order valence-corrected chi connectivity index (χ4v) is 3.73. The number of benzene rings is 1. The van der Waals surface area contributed by atoms with Crippen LogP contribution in [0.5, 0.6) is 11.5 Å². The van der Waals surface area contributed by atoms with Crippen LogP contribution in [0.3, 0.4) is 0 Å². The smallest absolute Gasteiger partial charge is 0.184 e. The normalized spacial score (nSPS) is 16.1. The minimum absolute atomic E-state index is 0.210. The highest BCUT2D eigenvalue weighted by molar-refractivity contribution is 7.18. The van der Waals surface area contributed by atoms with E-state index < -0.39 is 0 Å². The van der Waals surface area contributed by atoms with Gasteiger partial charge in [0.2, 0.25) is 0 Å². The van der Waals surface area contributed by atoms with Crippen molar-refractivity contribution in [2.45, 2.75) is 6.10 Å². The minimum atomic E-state index is -0.210. The zero-order valence-corrected chi connectivity index (χ0v) is 13.9. The number of thiazole rings is 1. The van der Waals surface area contributed by atoms with E-state index >= 15 is 0 Å². The summed E-state index contributed by atoms with van der Waals surface area (Å²) in [6.45, 7) is 0.452. The lowest BCUT2D eigenvalue weighted by Crippen LogP contribution is -2.21. The molecule has 0 fully saturated rings. The van der Waals surface area contributed by atoms with Gasteiger partial charge in [-0.05, 0) is 35.9 Å². The molecule has 0 radical (unpaired) electrons. The zero-order valence-electron chi connectivity index (χ0n) is 13.1. The Hall–Kier alpha value is -2.99. The Morgan fingerprint density at radius 3 is 2.72 bits per heavy atom. The molecule has 122 valence electrons. The largest absolute Gasteiger partial charge is 0.485 e. The average molecular weight is 347 g/mol. The van der Waals surface area contributed by atoms with Gasteiger partial charge in [0, 0.05) is 24.2 Å². The summed E-state index contributed by atoms with van der Waals surface area (Å²) in [7, 11) is 0. The summed E-state index contributed by atoms with van der Waals surface area (Å²) in [6, 6.07) is 13.7. The molecule has 5 rings (SSSR count). The van der Waals surface area contributed by atoms with E-state index in [4.69, 9.17) is 14.5 Å². The van der Waals surface area contributed by atoms with Crippen LogP contribution in [0.25, 0.3) is 21.5 Å². The van der Waals surface area contributed by atoms with E-state index in [0.29, 0.717) is 6.61 Å². The van der Waals surface area contributed by atoms with Gasteiger partial charge in [0.15, 0.2) is 17.6 Å². The number of aromatic nitrogens is 3. The Labute approximate surface area is 147 Å². The third kappa shape index (κ3) is 2.60. The monoisotopic (exact) mass is 347 g/mol. The molecule has 1 aliphatic rings. The molecule has 0 N–H and O–H groups in total. The maximum Gasteiger partial charge on any atom is 0.184 e. The Balaban J connectivity index is 1.49. The van der Waals surface area contributed by atoms with E-state index in [1.807, 2.05) is 42.6 Å². The number of fused-ring (bicyclic) bond motifs is 2. The maximum absolute atomic E-state index is 6.05. The van der Waals surface area contributed by atoms with Crippen molar-refractivity contribution in [1.82, 2.24) is 15.0 Å².